The number of aliphatic hydroxyl groups is 1. The molecule has 2 atom stereocenters. The molecule has 0 saturated carbocycles. The van der Waals surface area contributed by atoms with Crippen LogP contribution in [-0.2, 0) is 32.3 Å². The van der Waals surface area contributed by atoms with E-state index in [1.54, 1.807) is 0 Å². The highest BCUT2D eigenvalue weighted by Crippen LogP contribution is 2.41. The summed E-state index contributed by atoms with van der Waals surface area (Å²) in [6.45, 7) is 14.7. The topological polar surface area (TPSA) is 250 Å². The second kappa shape index (κ2) is 33.9. The predicted octanol–water partition coefficient (Wildman–Crippen LogP) is 12.8. The molecule has 0 radical (unpaired) electrons. The predicted molar refractivity (Wildman–Crippen MR) is 313 cm³/mol. The lowest BCUT2D eigenvalue weighted by atomic mass is 9.90. The van der Waals surface area contributed by atoms with Gasteiger partial charge in [-0.05, 0) is 154 Å². The molecule has 29 heteroatoms. The SMILES string of the molecule is C.CC=O.CCN1CC=C(c2ccc3c(c2)C(Nc2ccc(Cl)cc2)CCn2nnc(C)c2-3)CC1.CO.Cc1nnn2c1-c1ccc(C3=CCNCC3)cc1C(Nc1ccc(Cl)cc1)CC2.O=C(O)C(F)(F)F.O=C(O)C(F)(F)F.O=C(O)C(F)(F)F. The van der Waals surface area contributed by atoms with Crippen molar-refractivity contribution < 1.29 is 79.1 Å². The van der Waals surface area contributed by atoms with Gasteiger partial charge in [0.05, 0.1) is 34.9 Å². The fourth-order valence-electron chi connectivity index (χ4n) is 9.07. The molecule has 2 unspecified atom stereocenters. The minimum Gasteiger partial charge on any atom is -0.475 e. The summed E-state index contributed by atoms with van der Waals surface area (Å²) in [4.78, 5) is 38.0. The lowest BCUT2D eigenvalue weighted by Gasteiger charge is -2.26. The molecule has 2 aromatic heterocycles. The average molecular weight is 1270 g/mol. The van der Waals surface area contributed by atoms with E-state index in [2.05, 4.69) is 102 Å². The molecule has 4 aromatic carbocycles. The molecule has 10 rings (SSSR count). The molecule has 6 heterocycles. The van der Waals surface area contributed by atoms with Crippen LogP contribution in [0.25, 0.3) is 33.7 Å². The summed E-state index contributed by atoms with van der Waals surface area (Å²) in [5, 5.41) is 58.2. The van der Waals surface area contributed by atoms with Crippen LogP contribution in [0.1, 0.15) is 92.7 Å². The second-order valence-electron chi connectivity index (χ2n) is 18.8. The van der Waals surface area contributed by atoms with E-state index in [9.17, 15) is 39.5 Å². The van der Waals surface area contributed by atoms with Crippen molar-refractivity contribution in [2.24, 2.45) is 0 Å². The molecule has 87 heavy (non-hydrogen) atoms. The van der Waals surface area contributed by atoms with E-state index in [4.69, 9.17) is 62.8 Å². The summed E-state index contributed by atoms with van der Waals surface area (Å²) in [5.41, 5.74) is 17.0. The Morgan fingerprint density at radius 3 is 1.31 bits per heavy atom. The van der Waals surface area contributed by atoms with E-state index in [0.29, 0.717) is 0 Å². The van der Waals surface area contributed by atoms with Crippen LogP contribution in [0.5, 0.6) is 0 Å². The van der Waals surface area contributed by atoms with Crippen molar-refractivity contribution in [3.63, 3.8) is 0 Å². The number of rotatable bonds is 7. The molecule has 6 aromatic rings. The number of fused-ring (bicyclic) bond motifs is 6. The van der Waals surface area contributed by atoms with E-state index >= 15 is 0 Å². The first kappa shape index (κ1) is 73.4. The van der Waals surface area contributed by atoms with Crippen LogP contribution in [-0.4, -0.2) is 138 Å². The molecule has 4 aliphatic heterocycles. The number of carboxylic acid groups (broad SMARTS) is 3. The number of nitrogens with one attached hydrogen (secondary N) is 3. The van der Waals surface area contributed by atoms with Gasteiger partial charge in [0.15, 0.2) is 0 Å². The number of halogens is 11. The zero-order valence-electron chi connectivity index (χ0n) is 47.0. The van der Waals surface area contributed by atoms with Crippen molar-refractivity contribution >= 4 is 69.9 Å². The van der Waals surface area contributed by atoms with Crippen LogP contribution >= 0.6 is 23.2 Å². The molecule has 4 aliphatic rings. The van der Waals surface area contributed by atoms with Crippen LogP contribution < -0.4 is 16.0 Å². The highest BCUT2D eigenvalue weighted by Gasteiger charge is 2.40. The number of hydrogen-bond donors (Lipinski definition) is 7. The Balaban J connectivity index is 0.000000324. The fourth-order valence-corrected chi connectivity index (χ4v) is 9.32. The number of aldehydes is 1. The molecule has 7 N–H and O–H groups in total. The van der Waals surface area contributed by atoms with Crippen LogP contribution in [0.15, 0.2) is 97.1 Å². The standard InChI is InChI=1S/C25H28ClN5.C23H24ClN5.3C2HF3O2.C2H4O.CH4O.CH4/c1-3-30-13-10-18(11-14-30)19-4-9-22-23(16-19)24(27-21-7-5-20(26)6-8-21)12-15-31-25(22)17(2)28-29-31;1-15-23-20-7-2-17(16-8-11-25-12-9-16)14-21(20)22(10-13-29(23)28-27-15)26-19-5-3-18(24)4-6-19;3*3-2(4,5)1(6)7;1-2-3;1-2;/h4-10,16,24,27H,3,11-15H2,1-2H3;2-8,14,22,25-26H,9-13H2,1H3;3*(H,6,7);2H,1H3;2H,1H3;1H4. The summed E-state index contributed by atoms with van der Waals surface area (Å²) in [5.74, 6) is -8.27. The number of carbonyl (C=O) groups excluding carboxylic acids is 1. The third-order valence-electron chi connectivity index (χ3n) is 13.1. The number of aromatic nitrogens is 6. The van der Waals surface area contributed by atoms with Gasteiger partial charge < -0.3 is 41.2 Å². The molecular weight excluding hydrogens is 1210 g/mol. The molecule has 0 fully saturated rings. The monoisotopic (exact) mass is 1270 g/mol. The van der Waals surface area contributed by atoms with E-state index in [1.807, 2.05) is 67.1 Å². The van der Waals surface area contributed by atoms with Crippen LogP contribution in [0, 0.1) is 13.8 Å². The Morgan fingerprint density at radius 1 is 0.632 bits per heavy atom. The minimum atomic E-state index is -5.08. The molecule has 0 saturated heterocycles. The number of aliphatic carboxylic acids is 3. The smallest absolute Gasteiger partial charge is 0.475 e. The number of carbonyl (C=O) groups is 4. The van der Waals surface area contributed by atoms with E-state index in [0.717, 1.165) is 129 Å². The molecule has 0 bridgehead atoms. The Bertz CT molecular complexity index is 3220. The van der Waals surface area contributed by atoms with Gasteiger partial charge in [0.25, 0.3) is 0 Å². The quantitative estimate of drug-likeness (QED) is 0.0580. The van der Waals surface area contributed by atoms with Gasteiger partial charge in [-0.2, -0.15) is 39.5 Å². The van der Waals surface area contributed by atoms with Gasteiger partial charge in [-0.3, -0.25) is 4.90 Å². The molecule has 0 amide bonds. The summed E-state index contributed by atoms with van der Waals surface area (Å²) in [6.07, 6.45) is -5.76. The number of carboxylic acids is 3. The number of likely N-dealkylation sites (N-methyl/N-ethyl adjacent to an activating group) is 1. The van der Waals surface area contributed by atoms with Crippen molar-refractivity contribution in [2.45, 2.75) is 105 Å². The normalized spacial score (nSPS) is 15.7. The Labute approximate surface area is 505 Å². The largest absolute Gasteiger partial charge is 0.490 e. The highest BCUT2D eigenvalue weighted by molar-refractivity contribution is 6.30. The number of aliphatic hydroxyl groups excluding tert-OH is 1. The molecule has 18 nitrogen and oxygen atoms in total. The second-order valence-corrected chi connectivity index (χ2v) is 19.7. The Kier molecular flexibility index (Phi) is 28.6. The number of nitrogens with zero attached hydrogens (tertiary/aromatic N) is 7. The first-order chi connectivity index (χ1) is 40.5. The summed E-state index contributed by atoms with van der Waals surface area (Å²) in [7, 11) is 1.00. The lowest BCUT2D eigenvalue weighted by Crippen LogP contribution is -2.28. The molecule has 0 aliphatic carbocycles. The zero-order chi connectivity index (χ0) is 64.1. The van der Waals surface area contributed by atoms with E-state index in [1.165, 1.54) is 51.5 Å². The maximum Gasteiger partial charge on any atom is 0.490 e. The number of anilines is 2. The zero-order valence-corrected chi connectivity index (χ0v) is 48.5. The van der Waals surface area contributed by atoms with Gasteiger partial charge in [-0.1, -0.05) is 84.4 Å². The number of hydrogen-bond acceptors (Lipinski definition) is 13. The Hall–Kier alpha value is -7.85. The van der Waals surface area contributed by atoms with Crippen molar-refractivity contribution in [3.8, 4) is 22.5 Å². The first-order valence-corrected chi connectivity index (χ1v) is 27.0. The summed E-state index contributed by atoms with van der Waals surface area (Å²) >= 11 is 12.2. The molecule has 0 spiro atoms. The van der Waals surface area contributed by atoms with Crippen LogP contribution in [0.4, 0.5) is 50.9 Å². The number of benzene rings is 4. The van der Waals surface area contributed by atoms with Crippen molar-refractivity contribution in [1.82, 2.24) is 40.2 Å². The van der Waals surface area contributed by atoms with E-state index < -0.39 is 36.4 Å². The third-order valence-corrected chi connectivity index (χ3v) is 13.6. The van der Waals surface area contributed by atoms with Gasteiger partial charge in [0, 0.05) is 72.4 Å². The van der Waals surface area contributed by atoms with Crippen molar-refractivity contribution in [1.29, 1.82) is 0 Å². The van der Waals surface area contributed by atoms with Gasteiger partial charge in [-0.25, -0.2) is 23.7 Å². The molecular formula is C58H67Cl2F9N10O8. The lowest BCUT2D eigenvalue weighted by molar-refractivity contribution is -0.193. The fraction of sp³-hybridized carbons (Fsp3) is 0.379. The van der Waals surface area contributed by atoms with Gasteiger partial charge in [-0.15, -0.1) is 10.2 Å². The first-order valence-electron chi connectivity index (χ1n) is 26.3. The number of aryl methyl sites for hydroxylation is 4. The van der Waals surface area contributed by atoms with Gasteiger partial charge >= 0.3 is 36.4 Å². The third kappa shape index (κ3) is 21.8. The minimum absolute atomic E-state index is 0. The van der Waals surface area contributed by atoms with Crippen molar-refractivity contribution in [2.75, 3.05) is 50.5 Å². The van der Waals surface area contributed by atoms with Crippen LogP contribution in [0.3, 0.4) is 0 Å². The number of alkyl halides is 9. The summed E-state index contributed by atoms with van der Waals surface area (Å²) < 4.78 is 99.3. The van der Waals surface area contributed by atoms with Gasteiger partial charge in [0.1, 0.15) is 6.29 Å². The highest BCUT2D eigenvalue weighted by atomic mass is 35.5. The van der Waals surface area contributed by atoms with Gasteiger partial charge in [0.2, 0.25) is 0 Å². The Morgan fingerprint density at radius 2 is 1.00 bits per heavy atom. The van der Waals surface area contributed by atoms with Crippen molar-refractivity contribution in [3.05, 3.63) is 141 Å². The average Bonchev–Trinajstić information content (AvgIpc) is 1.80. The summed E-state index contributed by atoms with van der Waals surface area (Å²) in [6, 6.07) is 30.1. The maximum atomic E-state index is 10.6. The van der Waals surface area contributed by atoms with Crippen LogP contribution in [0.2, 0.25) is 10.0 Å². The maximum absolute atomic E-state index is 10.6. The van der Waals surface area contributed by atoms with E-state index in [-0.39, 0.29) is 19.5 Å². The molecule has 474 valence electrons.